The van der Waals surface area contributed by atoms with E-state index in [0.717, 1.165) is 11.3 Å². The van der Waals surface area contributed by atoms with Crippen molar-refractivity contribution in [3.63, 3.8) is 0 Å². The first-order valence-electron chi connectivity index (χ1n) is 2.53. The van der Waals surface area contributed by atoms with Crippen molar-refractivity contribution >= 4 is 11.3 Å². The fraction of sp³-hybridized carbons (Fsp3) is 0.400. The quantitative estimate of drug-likeness (QED) is 0.659. The summed E-state index contributed by atoms with van der Waals surface area (Å²) in [4.78, 5) is 3.40. The van der Waals surface area contributed by atoms with E-state index < -0.39 is 12.6 Å². The number of thiazole rings is 1. The van der Waals surface area contributed by atoms with Gasteiger partial charge in [-0.25, -0.2) is 18.2 Å². The maximum Gasteiger partial charge on any atom is 0.275 e. The van der Waals surface area contributed by atoms with Gasteiger partial charge in [-0.15, -0.1) is 11.3 Å². The van der Waals surface area contributed by atoms with Crippen molar-refractivity contribution in [1.82, 2.24) is 4.98 Å². The Labute approximate surface area is 59.5 Å². The zero-order chi connectivity index (χ0) is 7.56. The number of hydrogen-bond donors (Lipinski definition) is 0. The average Bonchev–Trinajstić information content (AvgIpc) is 2.36. The van der Waals surface area contributed by atoms with Crippen molar-refractivity contribution in [2.45, 2.75) is 12.6 Å². The molecule has 1 atom stereocenters. The summed E-state index contributed by atoms with van der Waals surface area (Å²) in [5, 5.41) is 1.31. The number of nitrogens with zero attached hydrogens (tertiary/aromatic N) is 1. The highest BCUT2D eigenvalue weighted by Gasteiger charge is 2.23. The van der Waals surface area contributed by atoms with Gasteiger partial charge in [0.05, 0.1) is 0 Å². The van der Waals surface area contributed by atoms with Crippen molar-refractivity contribution in [2.24, 2.45) is 0 Å². The lowest BCUT2D eigenvalue weighted by atomic mass is 10.4. The summed E-state index contributed by atoms with van der Waals surface area (Å²) in [6, 6.07) is 0. The Bertz CT molecular complexity index is 187. The number of aromatic nitrogens is 1. The van der Waals surface area contributed by atoms with E-state index in [1.165, 1.54) is 11.6 Å². The minimum atomic E-state index is -2.97. The molecule has 1 nitrogen and oxygen atoms in total. The molecule has 1 aromatic rings. The Morgan fingerprint density at radius 1 is 1.40 bits per heavy atom. The Morgan fingerprint density at radius 2 is 2.10 bits per heavy atom. The summed E-state index contributed by atoms with van der Waals surface area (Å²) >= 11 is 0.893. The molecule has 1 unspecified atom stereocenters. The van der Waals surface area contributed by atoms with Crippen LogP contribution in [-0.2, 0) is 0 Å². The number of alkyl halides is 3. The third-order valence-corrected chi connectivity index (χ3v) is 1.74. The van der Waals surface area contributed by atoms with Gasteiger partial charge in [0.1, 0.15) is 5.01 Å². The van der Waals surface area contributed by atoms with Crippen LogP contribution in [0.25, 0.3) is 0 Å². The monoisotopic (exact) mass is 167 g/mol. The molecular weight excluding hydrogens is 163 g/mol. The van der Waals surface area contributed by atoms with Crippen molar-refractivity contribution < 1.29 is 13.2 Å². The first kappa shape index (κ1) is 7.53. The highest BCUT2D eigenvalue weighted by Crippen LogP contribution is 2.25. The fourth-order valence-corrected chi connectivity index (χ4v) is 1.09. The van der Waals surface area contributed by atoms with E-state index in [2.05, 4.69) is 4.98 Å². The van der Waals surface area contributed by atoms with Crippen molar-refractivity contribution in [3.05, 3.63) is 16.6 Å². The molecule has 0 aromatic carbocycles. The molecule has 0 fully saturated rings. The molecule has 0 saturated carbocycles. The molecule has 0 aliphatic carbocycles. The van der Waals surface area contributed by atoms with E-state index in [-0.39, 0.29) is 5.01 Å². The second-order valence-electron chi connectivity index (χ2n) is 1.61. The van der Waals surface area contributed by atoms with Gasteiger partial charge in [-0.3, -0.25) is 0 Å². The van der Waals surface area contributed by atoms with E-state index in [4.69, 9.17) is 0 Å². The molecule has 0 bridgehead atoms. The van der Waals surface area contributed by atoms with Crippen LogP contribution in [0.3, 0.4) is 0 Å². The summed E-state index contributed by atoms with van der Waals surface area (Å²) in [5.74, 6) is 0. The maximum absolute atomic E-state index is 12.3. The van der Waals surface area contributed by atoms with Gasteiger partial charge in [0, 0.05) is 11.6 Å². The second-order valence-corrected chi connectivity index (χ2v) is 2.53. The third-order valence-electron chi connectivity index (χ3n) is 0.909. The Morgan fingerprint density at radius 3 is 2.50 bits per heavy atom. The molecule has 0 amide bonds. The van der Waals surface area contributed by atoms with E-state index in [0.29, 0.717) is 0 Å². The fourth-order valence-electron chi connectivity index (χ4n) is 0.478. The molecule has 1 heterocycles. The Hall–Kier alpha value is -0.580. The van der Waals surface area contributed by atoms with Crippen LogP contribution >= 0.6 is 11.3 Å². The first-order valence-corrected chi connectivity index (χ1v) is 3.41. The Balaban J connectivity index is 2.68. The smallest absolute Gasteiger partial charge is 0.246 e. The molecule has 1 aromatic heterocycles. The molecule has 0 spiro atoms. The largest absolute Gasteiger partial charge is 0.275 e. The van der Waals surface area contributed by atoms with Crippen molar-refractivity contribution in [1.29, 1.82) is 0 Å². The predicted octanol–water partition coefficient (Wildman–Crippen LogP) is 2.42. The van der Waals surface area contributed by atoms with Gasteiger partial charge in [0.15, 0.2) is 0 Å². The van der Waals surface area contributed by atoms with E-state index in [9.17, 15) is 13.2 Å². The highest BCUT2D eigenvalue weighted by molar-refractivity contribution is 7.09. The van der Waals surface area contributed by atoms with Gasteiger partial charge >= 0.3 is 0 Å². The number of hydrogen-bond acceptors (Lipinski definition) is 2. The van der Waals surface area contributed by atoms with Crippen LogP contribution in [0.15, 0.2) is 11.6 Å². The normalized spacial score (nSPS) is 14.0. The van der Waals surface area contributed by atoms with Crippen LogP contribution in [0.1, 0.15) is 11.2 Å². The zero-order valence-electron chi connectivity index (χ0n) is 4.80. The van der Waals surface area contributed by atoms with E-state index in [1.807, 2.05) is 0 Å². The number of halogens is 3. The van der Waals surface area contributed by atoms with Gasteiger partial charge < -0.3 is 0 Å². The Kier molecular flexibility index (Phi) is 2.26. The minimum Gasteiger partial charge on any atom is -0.246 e. The van der Waals surface area contributed by atoms with Gasteiger partial charge in [0.25, 0.3) is 6.43 Å². The van der Waals surface area contributed by atoms with Gasteiger partial charge in [-0.2, -0.15) is 0 Å². The SMILES string of the molecule is FC(F)C(F)c1nccs1. The predicted molar refractivity (Wildman–Crippen MR) is 32.0 cm³/mol. The molecule has 5 heteroatoms. The molecule has 1 rings (SSSR count). The van der Waals surface area contributed by atoms with Crippen LogP contribution in [-0.4, -0.2) is 11.4 Å². The minimum absolute atomic E-state index is 0.157. The summed E-state index contributed by atoms with van der Waals surface area (Å²) in [7, 11) is 0. The average molecular weight is 167 g/mol. The second kappa shape index (κ2) is 3.01. The van der Waals surface area contributed by atoms with E-state index in [1.54, 1.807) is 0 Å². The van der Waals surface area contributed by atoms with Gasteiger partial charge in [-0.1, -0.05) is 0 Å². The zero-order valence-corrected chi connectivity index (χ0v) is 5.62. The summed E-state index contributed by atoms with van der Waals surface area (Å²) < 4.78 is 35.5. The van der Waals surface area contributed by atoms with Gasteiger partial charge in [0.2, 0.25) is 6.17 Å². The van der Waals surface area contributed by atoms with Crippen LogP contribution in [0.5, 0.6) is 0 Å². The molecule has 0 aliphatic heterocycles. The maximum atomic E-state index is 12.3. The molecule has 10 heavy (non-hydrogen) atoms. The summed E-state index contributed by atoms with van der Waals surface area (Å²) in [5.41, 5.74) is 0. The van der Waals surface area contributed by atoms with Crippen LogP contribution in [0.4, 0.5) is 13.2 Å². The van der Waals surface area contributed by atoms with E-state index >= 15 is 0 Å². The highest BCUT2D eigenvalue weighted by atomic mass is 32.1. The van der Waals surface area contributed by atoms with Crippen LogP contribution in [0, 0.1) is 0 Å². The lowest BCUT2D eigenvalue weighted by Crippen LogP contribution is -2.01. The molecule has 0 radical (unpaired) electrons. The van der Waals surface area contributed by atoms with Crippen LogP contribution in [0.2, 0.25) is 0 Å². The lowest BCUT2D eigenvalue weighted by Gasteiger charge is -2.00. The topological polar surface area (TPSA) is 12.9 Å². The standard InChI is InChI=1S/C5H4F3NS/c6-3(4(7)8)5-9-1-2-10-5/h1-4H. The van der Waals surface area contributed by atoms with Gasteiger partial charge in [-0.05, 0) is 0 Å². The first-order chi connectivity index (χ1) is 4.72. The molecule has 0 saturated heterocycles. The lowest BCUT2D eigenvalue weighted by molar-refractivity contribution is 0.0494. The molecule has 0 N–H and O–H groups in total. The summed E-state index contributed by atoms with van der Waals surface area (Å²) in [6.45, 7) is 0. The van der Waals surface area contributed by atoms with Crippen molar-refractivity contribution in [3.8, 4) is 0 Å². The third kappa shape index (κ3) is 1.47. The molecular formula is C5H4F3NS. The van der Waals surface area contributed by atoms with Crippen molar-refractivity contribution in [2.75, 3.05) is 0 Å². The summed E-state index contributed by atoms with van der Waals surface area (Å²) in [6.07, 6.45) is -3.89. The van der Waals surface area contributed by atoms with Crippen LogP contribution < -0.4 is 0 Å². The molecule has 56 valence electrons. The number of rotatable bonds is 2. The molecule has 0 aliphatic rings.